The molecule has 1 rings (SSSR count). The average Bonchev–Trinajstić information content (AvgIpc) is 2.50. The zero-order valence-electron chi connectivity index (χ0n) is 8.43. The molecule has 0 saturated heterocycles. The number of hydrogen-bond acceptors (Lipinski definition) is 3. The van der Waals surface area contributed by atoms with Gasteiger partial charge in [-0.2, -0.15) is 0 Å². The maximum absolute atomic E-state index is 11.3. The summed E-state index contributed by atoms with van der Waals surface area (Å²) in [5.74, 6) is -0.286. The maximum atomic E-state index is 11.3. The number of esters is 1. The van der Waals surface area contributed by atoms with E-state index in [1.54, 1.807) is 36.7 Å². The fourth-order valence-corrected chi connectivity index (χ4v) is 1.19. The van der Waals surface area contributed by atoms with Crippen LogP contribution in [-0.4, -0.2) is 21.7 Å². The molecule has 0 aliphatic heterocycles. The van der Waals surface area contributed by atoms with Crippen molar-refractivity contribution in [2.24, 2.45) is 0 Å². The predicted octanol–water partition coefficient (Wildman–Crippen LogP) is 0.932. The molecular weight excluding hydrogens is 182 g/mol. The second-order valence-electron chi connectivity index (χ2n) is 3.32. The number of ether oxygens (including phenoxy) is 1. The molecule has 4 heteroatoms. The summed E-state index contributed by atoms with van der Waals surface area (Å²) in [6.07, 6.45) is 1.64. The Morgan fingerprint density at radius 3 is 2.93 bits per heavy atom. The van der Waals surface area contributed by atoms with Crippen LogP contribution in [0.4, 0.5) is 0 Å². The minimum absolute atomic E-state index is 0.0675. The summed E-state index contributed by atoms with van der Waals surface area (Å²) in [6.45, 7) is 3.70. The number of hydrogen-bond donors (Lipinski definition) is 1. The fraction of sp³-hybridized carbons (Fsp3) is 0.500. The van der Waals surface area contributed by atoms with E-state index in [1.165, 1.54) is 0 Å². The zero-order chi connectivity index (χ0) is 10.6. The van der Waals surface area contributed by atoms with Crippen LogP contribution in [0.15, 0.2) is 18.3 Å². The van der Waals surface area contributed by atoms with Gasteiger partial charge in [-0.1, -0.05) is 0 Å². The molecule has 1 N–H and O–H groups in total. The maximum Gasteiger partial charge on any atom is 0.326 e. The molecule has 0 radical (unpaired) electrons. The lowest BCUT2D eigenvalue weighted by Gasteiger charge is -2.10. The Hall–Kier alpha value is -1.29. The number of carbonyl (C=O) groups is 1. The molecule has 0 aromatic carbocycles. The van der Waals surface area contributed by atoms with Crippen LogP contribution in [0.3, 0.4) is 0 Å². The number of aromatic nitrogens is 1. The quantitative estimate of drug-likeness (QED) is 0.730. The number of aliphatic hydroxyl groups excluding tert-OH is 1. The van der Waals surface area contributed by atoms with Crippen molar-refractivity contribution < 1.29 is 14.6 Å². The normalized spacial score (nSPS) is 10.6. The van der Waals surface area contributed by atoms with E-state index in [0.29, 0.717) is 5.69 Å². The molecule has 1 aromatic heterocycles. The predicted molar refractivity (Wildman–Crippen MR) is 51.6 cm³/mol. The first-order valence-electron chi connectivity index (χ1n) is 4.58. The van der Waals surface area contributed by atoms with Gasteiger partial charge < -0.3 is 14.4 Å². The van der Waals surface area contributed by atoms with Crippen LogP contribution in [0, 0.1) is 0 Å². The molecular formula is C10H15NO3. The third-order valence-corrected chi connectivity index (χ3v) is 1.75. The van der Waals surface area contributed by atoms with E-state index < -0.39 is 0 Å². The van der Waals surface area contributed by atoms with Crippen molar-refractivity contribution in [2.45, 2.75) is 33.1 Å². The number of carbonyl (C=O) groups excluding carboxylic acids is 1. The second kappa shape index (κ2) is 4.81. The van der Waals surface area contributed by atoms with Gasteiger partial charge in [-0.3, -0.25) is 4.79 Å². The van der Waals surface area contributed by atoms with Crippen molar-refractivity contribution >= 4 is 5.97 Å². The highest BCUT2D eigenvalue weighted by molar-refractivity contribution is 5.69. The minimum Gasteiger partial charge on any atom is -0.462 e. The van der Waals surface area contributed by atoms with Gasteiger partial charge in [0.05, 0.1) is 12.7 Å². The van der Waals surface area contributed by atoms with Gasteiger partial charge in [0.2, 0.25) is 0 Å². The molecule has 1 aromatic rings. The highest BCUT2D eigenvalue weighted by atomic mass is 16.5. The van der Waals surface area contributed by atoms with E-state index in [0.717, 1.165) is 0 Å². The van der Waals surface area contributed by atoms with E-state index in [9.17, 15) is 4.79 Å². The van der Waals surface area contributed by atoms with Crippen molar-refractivity contribution in [2.75, 3.05) is 0 Å². The number of nitrogens with zero attached hydrogens (tertiary/aromatic N) is 1. The molecule has 0 spiro atoms. The van der Waals surface area contributed by atoms with E-state index in [-0.39, 0.29) is 25.2 Å². The van der Waals surface area contributed by atoms with Crippen molar-refractivity contribution in [3.63, 3.8) is 0 Å². The van der Waals surface area contributed by atoms with Crippen molar-refractivity contribution in [3.8, 4) is 0 Å². The Morgan fingerprint density at radius 2 is 2.36 bits per heavy atom. The summed E-state index contributed by atoms with van der Waals surface area (Å²) >= 11 is 0. The third kappa shape index (κ3) is 2.88. The van der Waals surface area contributed by atoms with Gasteiger partial charge in [0.1, 0.15) is 6.54 Å². The Labute approximate surface area is 83.1 Å². The zero-order valence-corrected chi connectivity index (χ0v) is 8.43. The van der Waals surface area contributed by atoms with Gasteiger partial charge in [-0.25, -0.2) is 0 Å². The molecule has 0 amide bonds. The van der Waals surface area contributed by atoms with Gasteiger partial charge in [0.15, 0.2) is 0 Å². The first kappa shape index (κ1) is 10.8. The second-order valence-corrected chi connectivity index (χ2v) is 3.32. The Balaban J connectivity index is 2.55. The molecule has 0 aliphatic rings. The topological polar surface area (TPSA) is 51.5 Å². The third-order valence-electron chi connectivity index (χ3n) is 1.75. The van der Waals surface area contributed by atoms with Crippen LogP contribution in [0.2, 0.25) is 0 Å². The van der Waals surface area contributed by atoms with Crippen molar-refractivity contribution in [3.05, 3.63) is 24.0 Å². The van der Waals surface area contributed by atoms with E-state index in [4.69, 9.17) is 9.84 Å². The summed E-state index contributed by atoms with van der Waals surface area (Å²) in [7, 11) is 0. The van der Waals surface area contributed by atoms with Crippen LogP contribution >= 0.6 is 0 Å². The Morgan fingerprint density at radius 1 is 1.64 bits per heavy atom. The Kier molecular flexibility index (Phi) is 3.71. The molecule has 1 heterocycles. The summed E-state index contributed by atoms with van der Waals surface area (Å²) in [5, 5.41) is 8.93. The van der Waals surface area contributed by atoms with Crippen LogP contribution in [0.1, 0.15) is 19.5 Å². The first-order chi connectivity index (χ1) is 6.63. The Bertz CT molecular complexity index is 304. The molecule has 78 valence electrons. The van der Waals surface area contributed by atoms with E-state index in [2.05, 4.69) is 0 Å². The fourth-order valence-electron chi connectivity index (χ4n) is 1.19. The molecule has 14 heavy (non-hydrogen) atoms. The first-order valence-corrected chi connectivity index (χ1v) is 4.58. The highest BCUT2D eigenvalue weighted by Gasteiger charge is 2.08. The van der Waals surface area contributed by atoms with Gasteiger partial charge >= 0.3 is 5.97 Å². The standard InChI is InChI=1S/C10H15NO3/c1-8(2)14-10(13)6-11-5-3-4-9(11)7-12/h3-5,8,12H,6-7H2,1-2H3. The molecule has 0 fully saturated rings. The summed E-state index contributed by atoms with van der Waals surface area (Å²) in [5.41, 5.74) is 0.714. The molecule has 0 saturated carbocycles. The molecule has 0 atom stereocenters. The largest absolute Gasteiger partial charge is 0.462 e. The summed E-state index contributed by atoms with van der Waals surface area (Å²) in [6, 6.07) is 3.55. The van der Waals surface area contributed by atoms with Crippen LogP contribution in [0.5, 0.6) is 0 Å². The lowest BCUT2D eigenvalue weighted by Crippen LogP contribution is -2.18. The van der Waals surface area contributed by atoms with Gasteiger partial charge in [-0.15, -0.1) is 0 Å². The van der Waals surface area contributed by atoms with Crippen molar-refractivity contribution in [1.82, 2.24) is 4.57 Å². The number of rotatable bonds is 4. The average molecular weight is 197 g/mol. The van der Waals surface area contributed by atoms with Crippen LogP contribution in [0.25, 0.3) is 0 Å². The van der Waals surface area contributed by atoms with Crippen LogP contribution < -0.4 is 0 Å². The summed E-state index contributed by atoms with van der Waals surface area (Å²) < 4.78 is 6.65. The lowest BCUT2D eigenvalue weighted by molar-refractivity contribution is -0.148. The van der Waals surface area contributed by atoms with E-state index in [1.807, 2.05) is 0 Å². The van der Waals surface area contributed by atoms with Gasteiger partial charge in [-0.05, 0) is 26.0 Å². The smallest absolute Gasteiger partial charge is 0.326 e. The SMILES string of the molecule is CC(C)OC(=O)Cn1cccc1CO. The molecule has 0 bridgehead atoms. The summed E-state index contributed by atoms with van der Waals surface area (Å²) in [4.78, 5) is 11.3. The van der Waals surface area contributed by atoms with Gasteiger partial charge in [0.25, 0.3) is 0 Å². The molecule has 0 aliphatic carbocycles. The monoisotopic (exact) mass is 197 g/mol. The minimum atomic E-state index is -0.286. The van der Waals surface area contributed by atoms with Crippen LogP contribution in [-0.2, 0) is 22.7 Å². The highest BCUT2D eigenvalue weighted by Crippen LogP contribution is 2.03. The molecule has 4 nitrogen and oxygen atoms in total. The molecule has 0 unspecified atom stereocenters. The van der Waals surface area contributed by atoms with Gasteiger partial charge in [0, 0.05) is 11.9 Å². The van der Waals surface area contributed by atoms with Crippen molar-refractivity contribution in [1.29, 1.82) is 0 Å². The lowest BCUT2D eigenvalue weighted by atomic mass is 10.4. The van der Waals surface area contributed by atoms with E-state index >= 15 is 0 Å². The number of aliphatic hydroxyl groups is 1.